The van der Waals surface area contributed by atoms with Crippen molar-refractivity contribution in [3.8, 4) is 0 Å². The van der Waals surface area contributed by atoms with E-state index in [1.54, 1.807) is 11.9 Å². The maximum atomic E-state index is 13.1. The van der Waals surface area contributed by atoms with Gasteiger partial charge in [0.25, 0.3) is 5.69 Å². The number of anilines is 1. The van der Waals surface area contributed by atoms with Crippen molar-refractivity contribution in [1.29, 1.82) is 0 Å². The molecule has 0 heterocycles. The van der Waals surface area contributed by atoms with Crippen LogP contribution in [0.5, 0.6) is 0 Å². The van der Waals surface area contributed by atoms with Gasteiger partial charge in [-0.25, -0.2) is 8.78 Å². The molecule has 2 N–H and O–H groups in total. The fourth-order valence-corrected chi connectivity index (χ4v) is 2.58. The van der Waals surface area contributed by atoms with Gasteiger partial charge in [0.05, 0.1) is 18.0 Å². The first-order chi connectivity index (χ1) is 13.7. The van der Waals surface area contributed by atoms with Crippen LogP contribution in [-0.4, -0.2) is 41.8 Å². The Morgan fingerprint density at radius 1 is 1.14 bits per heavy atom. The number of carbonyl (C=O) groups excluding carboxylic acids is 2. The maximum Gasteiger partial charge on any atom is 0.269 e. The summed E-state index contributed by atoms with van der Waals surface area (Å²) in [4.78, 5) is 35.6. The molecular weight excluding hydrogens is 410 g/mol. The topological polar surface area (TPSA) is 105 Å². The molecule has 2 aromatic carbocycles. The molecule has 0 spiro atoms. The van der Waals surface area contributed by atoms with E-state index in [2.05, 4.69) is 10.6 Å². The van der Waals surface area contributed by atoms with Crippen molar-refractivity contribution in [2.24, 2.45) is 0 Å². The fraction of sp³-hybridized carbons (Fsp3) is 0.222. The van der Waals surface area contributed by atoms with E-state index < -0.39 is 28.4 Å². The summed E-state index contributed by atoms with van der Waals surface area (Å²) < 4.78 is 26.0. The van der Waals surface area contributed by atoms with Gasteiger partial charge < -0.3 is 10.6 Å². The number of amides is 2. The minimum Gasteiger partial charge on any atom is -0.346 e. The lowest BCUT2D eigenvalue weighted by atomic mass is 10.2. The fourth-order valence-electron chi connectivity index (χ4n) is 2.40. The Morgan fingerprint density at radius 2 is 1.86 bits per heavy atom. The molecule has 0 saturated carbocycles. The first-order valence-corrected chi connectivity index (χ1v) is 8.66. The minimum atomic E-state index is -1.10. The van der Waals surface area contributed by atoms with Crippen LogP contribution in [0.4, 0.5) is 20.2 Å². The van der Waals surface area contributed by atoms with Crippen molar-refractivity contribution in [2.75, 3.05) is 25.5 Å². The molecule has 8 nitrogen and oxygen atoms in total. The van der Waals surface area contributed by atoms with Gasteiger partial charge in [-0.15, -0.1) is 0 Å². The number of rotatable bonds is 8. The molecule has 0 radical (unpaired) electrons. The van der Waals surface area contributed by atoms with E-state index in [1.807, 2.05) is 0 Å². The number of benzene rings is 2. The van der Waals surface area contributed by atoms with E-state index in [1.165, 1.54) is 24.3 Å². The van der Waals surface area contributed by atoms with Gasteiger partial charge in [0.2, 0.25) is 11.8 Å². The summed E-state index contributed by atoms with van der Waals surface area (Å²) in [5.41, 5.74) is 0.420. The number of nitro groups is 1. The highest BCUT2D eigenvalue weighted by atomic mass is 35.5. The monoisotopic (exact) mass is 426 g/mol. The first-order valence-electron chi connectivity index (χ1n) is 8.28. The van der Waals surface area contributed by atoms with Crippen molar-refractivity contribution in [3.63, 3.8) is 0 Å². The summed E-state index contributed by atoms with van der Waals surface area (Å²) in [6, 6.07) is 6.90. The van der Waals surface area contributed by atoms with Gasteiger partial charge in [-0.2, -0.15) is 0 Å². The molecule has 0 aromatic heterocycles. The number of nitrogens with zero attached hydrogens (tertiary/aromatic N) is 2. The number of hydrogen-bond donors (Lipinski definition) is 2. The van der Waals surface area contributed by atoms with E-state index in [4.69, 9.17) is 11.6 Å². The standard InChI is InChI=1S/C18H17ClF2N4O4/c1-24(9-11-6-13(25(28)29)3-4-14(11)19)10-18(27)22-8-17(26)23-12-2-5-15(20)16(21)7-12/h2-7H,8-10H2,1H3,(H,22,27)(H,23,26). The van der Waals surface area contributed by atoms with Crippen LogP contribution >= 0.6 is 11.6 Å². The summed E-state index contributed by atoms with van der Waals surface area (Å²) >= 11 is 6.03. The van der Waals surface area contributed by atoms with E-state index in [0.29, 0.717) is 10.6 Å². The predicted octanol–water partition coefficient (Wildman–Crippen LogP) is 2.71. The summed E-state index contributed by atoms with van der Waals surface area (Å²) in [6.45, 7) is -0.296. The zero-order valence-corrected chi connectivity index (χ0v) is 16.0. The summed E-state index contributed by atoms with van der Waals surface area (Å²) in [6.07, 6.45) is 0. The number of likely N-dealkylation sites (N-methyl/N-ethyl adjacent to an activating group) is 1. The van der Waals surface area contributed by atoms with Crippen LogP contribution in [0.2, 0.25) is 5.02 Å². The van der Waals surface area contributed by atoms with Crippen LogP contribution in [0, 0.1) is 21.7 Å². The second-order valence-electron chi connectivity index (χ2n) is 6.16. The Morgan fingerprint density at radius 3 is 2.52 bits per heavy atom. The molecule has 2 aromatic rings. The van der Waals surface area contributed by atoms with Crippen LogP contribution in [-0.2, 0) is 16.1 Å². The second-order valence-corrected chi connectivity index (χ2v) is 6.57. The lowest BCUT2D eigenvalue weighted by Crippen LogP contribution is -2.39. The van der Waals surface area contributed by atoms with Crippen molar-refractivity contribution >= 4 is 34.8 Å². The molecule has 2 amide bonds. The third-order valence-corrected chi connectivity index (χ3v) is 4.11. The normalized spacial score (nSPS) is 10.7. The van der Waals surface area contributed by atoms with Gasteiger partial charge in [-0.1, -0.05) is 11.6 Å². The van der Waals surface area contributed by atoms with Gasteiger partial charge in [0.1, 0.15) is 0 Å². The molecule has 0 atom stereocenters. The predicted molar refractivity (Wildman–Crippen MR) is 102 cm³/mol. The average molecular weight is 427 g/mol. The molecule has 0 aliphatic carbocycles. The zero-order chi connectivity index (χ0) is 21.6. The van der Waals surface area contributed by atoms with Crippen molar-refractivity contribution in [1.82, 2.24) is 10.2 Å². The Labute approximate surface area is 169 Å². The van der Waals surface area contributed by atoms with E-state index in [-0.39, 0.29) is 31.0 Å². The van der Waals surface area contributed by atoms with Crippen molar-refractivity contribution in [3.05, 3.63) is 68.7 Å². The molecule has 0 saturated heterocycles. The third kappa shape index (κ3) is 6.77. The van der Waals surface area contributed by atoms with Crippen LogP contribution < -0.4 is 10.6 Å². The lowest BCUT2D eigenvalue weighted by Gasteiger charge is -2.17. The van der Waals surface area contributed by atoms with Crippen LogP contribution in [0.3, 0.4) is 0 Å². The molecule has 11 heteroatoms. The number of non-ortho nitro benzene ring substituents is 1. The molecule has 154 valence electrons. The molecular formula is C18H17ClF2N4O4. The Hall–Kier alpha value is -3.11. The van der Waals surface area contributed by atoms with E-state index >= 15 is 0 Å². The largest absolute Gasteiger partial charge is 0.346 e. The summed E-state index contributed by atoms with van der Waals surface area (Å²) in [5.74, 6) is -3.24. The Balaban J connectivity index is 1.82. The molecule has 0 fully saturated rings. The highest BCUT2D eigenvalue weighted by molar-refractivity contribution is 6.31. The number of hydrogen-bond acceptors (Lipinski definition) is 5. The van der Waals surface area contributed by atoms with Gasteiger partial charge in [0.15, 0.2) is 11.6 Å². The van der Waals surface area contributed by atoms with Crippen molar-refractivity contribution < 1.29 is 23.3 Å². The smallest absolute Gasteiger partial charge is 0.269 e. The third-order valence-electron chi connectivity index (χ3n) is 3.74. The molecule has 2 rings (SSSR count). The molecule has 0 bridgehead atoms. The second kappa shape index (κ2) is 9.89. The lowest BCUT2D eigenvalue weighted by molar-refractivity contribution is -0.384. The quantitative estimate of drug-likeness (QED) is 0.499. The van der Waals surface area contributed by atoms with Gasteiger partial charge in [-0.3, -0.25) is 24.6 Å². The SMILES string of the molecule is CN(CC(=O)NCC(=O)Nc1ccc(F)c(F)c1)Cc1cc([N+](=O)[O-])ccc1Cl. The number of carbonyl (C=O) groups is 2. The molecule has 0 aliphatic heterocycles. The number of halogens is 3. The molecule has 29 heavy (non-hydrogen) atoms. The van der Waals surface area contributed by atoms with Crippen LogP contribution in [0.25, 0.3) is 0 Å². The number of nitro benzene ring substituents is 1. The first kappa shape index (κ1) is 22.2. The summed E-state index contributed by atoms with van der Waals surface area (Å²) in [7, 11) is 1.61. The summed E-state index contributed by atoms with van der Waals surface area (Å²) in [5, 5.41) is 15.9. The van der Waals surface area contributed by atoms with E-state index in [9.17, 15) is 28.5 Å². The zero-order valence-electron chi connectivity index (χ0n) is 15.2. The van der Waals surface area contributed by atoms with Gasteiger partial charge >= 0.3 is 0 Å². The number of nitrogens with one attached hydrogen (secondary N) is 2. The highest BCUT2D eigenvalue weighted by Gasteiger charge is 2.14. The van der Waals surface area contributed by atoms with Gasteiger partial charge in [0, 0.05) is 35.5 Å². The molecule has 0 aliphatic rings. The van der Waals surface area contributed by atoms with Crippen LogP contribution in [0.1, 0.15) is 5.56 Å². The maximum absolute atomic E-state index is 13.1. The minimum absolute atomic E-state index is 0.0561. The molecule has 0 unspecified atom stereocenters. The van der Waals surface area contributed by atoms with Crippen LogP contribution in [0.15, 0.2) is 36.4 Å². The Kier molecular flexibility index (Phi) is 7.57. The van der Waals surface area contributed by atoms with Crippen molar-refractivity contribution in [2.45, 2.75) is 6.54 Å². The Bertz CT molecular complexity index is 942. The average Bonchev–Trinajstić information content (AvgIpc) is 2.64. The van der Waals surface area contributed by atoms with Gasteiger partial charge in [-0.05, 0) is 30.8 Å². The highest BCUT2D eigenvalue weighted by Crippen LogP contribution is 2.23. The van der Waals surface area contributed by atoms with E-state index in [0.717, 1.165) is 12.1 Å².